The van der Waals surface area contributed by atoms with Crippen LogP contribution in [0.1, 0.15) is 19.4 Å². The molecule has 0 heterocycles. The summed E-state index contributed by atoms with van der Waals surface area (Å²) in [5.74, 6) is 2.34. The molecule has 0 saturated carbocycles. The molecule has 1 aromatic rings. The molecule has 15 heavy (non-hydrogen) atoms. The Morgan fingerprint density at radius 1 is 1.40 bits per heavy atom. The van der Waals surface area contributed by atoms with E-state index in [9.17, 15) is 0 Å². The molecule has 1 aromatic carbocycles. The van der Waals surface area contributed by atoms with Gasteiger partial charge in [-0.15, -0.1) is 0 Å². The maximum atomic E-state index is 5.86. The standard InChI is InChI=1S/C12H20N2S/c1-3-15-9-10(2)14-8-11-6-4-5-7-12(11)13/h4-7,10,14H,3,8-9,13H2,1-2H3. The molecule has 0 aliphatic rings. The van der Waals surface area contributed by atoms with E-state index in [1.165, 1.54) is 11.3 Å². The zero-order chi connectivity index (χ0) is 11.1. The molecule has 0 aromatic heterocycles. The highest BCUT2D eigenvalue weighted by Gasteiger charge is 2.02. The van der Waals surface area contributed by atoms with Gasteiger partial charge in [-0.05, 0) is 24.3 Å². The fraction of sp³-hybridized carbons (Fsp3) is 0.500. The van der Waals surface area contributed by atoms with Gasteiger partial charge in [0, 0.05) is 24.0 Å². The minimum Gasteiger partial charge on any atom is -0.398 e. The summed E-state index contributed by atoms with van der Waals surface area (Å²) in [5.41, 5.74) is 7.92. The van der Waals surface area contributed by atoms with Gasteiger partial charge in [-0.3, -0.25) is 0 Å². The zero-order valence-electron chi connectivity index (χ0n) is 9.49. The Labute approximate surface area is 96.6 Å². The molecule has 0 aliphatic carbocycles. The zero-order valence-corrected chi connectivity index (χ0v) is 10.3. The number of benzene rings is 1. The Morgan fingerprint density at radius 3 is 2.80 bits per heavy atom. The number of anilines is 1. The van der Waals surface area contributed by atoms with Gasteiger partial charge in [-0.2, -0.15) is 11.8 Å². The average Bonchev–Trinajstić information content (AvgIpc) is 2.25. The Morgan fingerprint density at radius 2 is 2.13 bits per heavy atom. The van der Waals surface area contributed by atoms with Crippen LogP contribution in [0.3, 0.4) is 0 Å². The number of para-hydroxylation sites is 1. The number of hydrogen-bond acceptors (Lipinski definition) is 3. The quantitative estimate of drug-likeness (QED) is 0.729. The van der Waals surface area contributed by atoms with Crippen LogP contribution in [-0.2, 0) is 6.54 Å². The van der Waals surface area contributed by atoms with Crippen molar-refractivity contribution >= 4 is 17.4 Å². The van der Waals surface area contributed by atoms with Crippen molar-refractivity contribution in [3.8, 4) is 0 Å². The Kier molecular flexibility index (Phi) is 5.58. The van der Waals surface area contributed by atoms with E-state index in [0.717, 1.165) is 18.0 Å². The van der Waals surface area contributed by atoms with Gasteiger partial charge in [0.25, 0.3) is 0 Å². The summed E-state index contributed by atoms with van der Waals surface area (Å²) in [5, 5.41) is 3.47. The molecule has 1 atom stereocenters. The maximum absolute atomic E-state index is 5.86. The topological polar surface area (TPSA) is 38.0 Å². The van der Waals surface area contributed by atoms with E-state index in [-0.39, 0.29) is 0 Å². The van der Waals surface area contributed by atoms with Crippen LogP contribution in [0.15, 0.2) is 24.3 Å². The lowest BCUT2D eigenvalue weighted by Crippen LogP contribution is -2.28. The summed E-state index contributed by atoms with van der Waals surface area (Å²) in [6.07, 6.45) is 0. The predicted molar refractivity (Wildman–Crippen MR) is 70.2 cm³/mol. The number of nitrogens with one attached hydrogen (secondary N) is 1. The molecule has 0 spiro atoms. The molecule has 0 bridgehead atoms. The van der Waals surface area contributed by atoms with Gasteiger partial charge in [0.05, 0.1) is 0 Å². The molecule has 1 unspecified atom stereocenters. The Bertz CT molecular complexity index is 289. The van der Waals surface area contributed by atoms with Gasteiger partial charge in [-0.1, -0.05) is 25.1 Å². The van der Waals surface area contributed by atoms with Crippen molar-refractivity contribution in [1.29, 1.82) is 0 Å². The van der Waals surface area contributed by atoms with Crippen molar-refractivity contribution in [3.63, 3.8) is 0 Å². The summed E-state index contributed by atoms with van der Waals surface area (Å²) in [6.45, 7) is 5.26. The molecule has 2 nitrogen and oxygen atoms in total. The van der Waals surface area contributed by atoms with E-state index in [2.05, 4.69) is 25.2 Å². The lowest BCUT2D eigenvalue weighted by atomic mass is 10.2. The van der Waals surface area contributed by atoms with Gasteiger partial charge in [0.15, 0.2) is 0 Å². The van der Waals surface area contributed by atoms with Crippen LogP contribution in [0.2, 0.25) is 0 Å². The summed E-state index contributed by atoms with van der Waals surface area (Å²) < 4.78 is 0. The molecular weight excluding hydrogens is 204 g/mol. The highest BCUT2D eigenvalue weighted by molar-refractivity contribution is 7.99. The third kappa shape index (κ3) is 4.58. The van der Waals surface area contributed by atoms with E-state index < -0.39 is 0 Å². The van der Waals surface area contributed by atoms with Crippen molar-refractivity contribution in [2.45, 2.75) is 26.4 Å². The Hall–Kier alpha value is -0.670. The Balaban J connectivity index is 2.33. The van der Waals surface area contributed by atoms with Crippen molar-refractivity contribution in [2.24, 2.45) is 0 Å². The number of thioether (sulfide) groups is 1. The molecular formula is C12H20N2S. The van der Waals surface area contributed by atoms with Crippen LogP contribution in [0, 0.1) is 0 Å². The molecule has 0 amide bonds. The molecule has 3 N–H and O–H groups in total. The number of rotatable bonds is 6. The third-order valence-corrected chi connectivity index (χ3v) is 3.41. The van der Waals surface area contributed by atoms with Crippen LogP contribution in [0.4, 0.5) is 5.69 Å². The second kappa shape index (κ2) is 6.75. The minimum absolute atomic E-state index is 0.537. The molecule has 0 saturated heterocycles. The fourth-order valence-electron chi connectivity index (χ4n) is 1.33. The smallest absolute Gasteiger partial charge is 0.0359 e. The van der Waals surface area contributed by atoms with E-state index in [1.54, 1.807) is 0 Å². The molecule has 0 fully saturated rings. The van der Waals surface area contributed by atoms with Crippen molar-refractivity contribution < 1.29 is 0 Å². The highest BCUT2D eigenvalue weighted by atomic mass is 32.2. The molecule has 0 radical (unpaired) electrons. The highest BCUT2D eigenvalue weighted by Crippen LogP contribution is 2.10. The van der Waals surface area contributed by atoms with Gasteiger partial charge in [0.2, 0.25) is 0 Å². The van der Waals surface area contributed by atoms with Gasteiger partial charge < -0.3 is 11.1 Å². The maximum Gasteiger partial charge on any atom is 0.0359 e. The number of nitrogen functional groups attached to an aromatic ring is 1. The lowest BCUT2D eigenvalue weighted by molar-refractivity contribution is 0.597. The fourth-order valence-corrected chi connectivity index (χ4v) is 2.04. The predicted octanol–water partition coefficient (Wildman–Crippen LogP) is 2.50. The van der Waals surface area contributed by atoms with Crippen molar-refractivity contribution in [2.75, 3.05) is 17.2 Å². The van der Waals surface area contributed by atoms with Crippen LogP contribution < -0.4 is 11.1 Å². The lowest BCUT2D eigenvalue weighted by Gasteiger charge is -2.13. The number of nitrogens with two attached hydrogens (primary N) is 1. The second-order valence-electron chi connectivity index (χ2n) is 3.64. The monoisotopic (exact) mass is 224 g/mol. The van der Waals surface area contributed by atoms with Crippen molar-refractivity contribution in [1.82, 2.24) is 5.32 Å². The summed E-state index contributed by atoms with van der Waals surface area (Å²) >= 11 is 1.96. The molecule has 0 aliphatic heterocycles. The van der Waals surface area contributed by atoms with Crippen LogP contribution in [-0.4, -0.2) is 17.5 Å². The molecule has 3 heteroatoms. The van der Waals surface area contributed by atoms with Crippen LogP contribution in [0.25, 0.3) is 0 Å². The largest absolute Gasteiger partial charge is 0.398 e. The van der Waals surface area contributed by atoms with Crippen LogP contribution in [0.5, 0.6) is 0 Å². The minimum atomic E-state index is 0.537. The summed E-state index contributed by atoms with van der Waals surface area (Å²) in [7, 11) is 0. The van der Waals surface area contributed by atoms with E-state index in [0.29, 0.717) is 6.04 Å². The summed E-state index contributed by atoms with van der Waals surface area (Å²) in [6, 6.07) is 8.55. The second-order valence-corrected chi connectivity index (χ2v) is 4.96. The first-order chi connectivity index (χ1) is 7.24. The van der Waals surface area contributed by atoms with Crippen LogP contribution >= 0.6 is 11.8 Å². The first-order valence-electron chi connectivity index (χ1n) is 5.38. The molecule has 84 valence electrons. The van der Waals surface area contributed by atoms with Crippen molar-refractivity contribution in [3.05, 3.63) is 29.8 Å². The van der Waals surface area contributed by atoms with Gasteiger partial charge >= 0.3 is 0 Å². The van der Waals surface area contributed by atoms with Gasteiger partial charge in [0.1, 0.15) is 0 Å². The van der Waals surface area contributed by atoms with E-state index >= 15 is 0 Å². The van der Waals surface area contributed by atoms with E-state index in [4.69, 9.17) is 5.73 Å². The first-order valence-corrected chi connectivity index (χ1v) is 6.54. The van der Waals surface area contributed by atoms with Gasteiger partial charge in [-0.25, -0.2) is 0 Å². The first kappa shape index (κ1) is 12.4. The molecule has 1 rings (SSSR count). The SMILES string of the molecule is CCSCC(C)NCc1ccccc1N. The third-order valence-electron chi connectivity index (χ3n) is 2.27. The van der Waals surface area contributed by atoms with E-state index in [1.807, 2.05) is 30.0 Å². The summed E-state index contributed by atoms with van der Waals surface area (Å²) in [4.78, 5) is 0. The number of hydrogen-bond donors (Lipinski definition) is 2. The normalized spacial score (nSPS) is 12.7. The average molecular weight is 224 g/mol.